The molecule has 0 aliphatic rings. The molecule has 2 N–H and O–H groups in total. The molecule has 2 aromatic rings. The van der Waals surface area contributed by atoms with Gasteiger partial charge in [-0.1, -0.05) is 11.6 Å². The van der Waals surface area contributed by atoms with Crippen molar-refractivity contribution in [2.24, 2.45) is 0 Å². The predicted molar refractivity (Wildman–Crippen MR) is 101 cm³/mol. The van der Waals surface area contributed by atoms with Crippen molar-refractivity contribution in [1.29, 1.82) is 0 Å². The fraction of sp³-hybridized carbons (Fsp3) is 0.167. The molecule has 2 amide bonds. The first kappa shape index (κ1) is 20.8. The van der Waals surface area contributed by atoms with Crippen molar-refractivity contribution in [2.45, 2.75) is 6.42 Å². The zero-order valence-electron chi connectivity index (χ0n) is 14.5. The first-order valence-corrected chi connectivity index (χ1v) is 8.46. The second-order valence-electron chi connectivity index (χ2n) is 5.53. The van der Waals surface area contributed by atoms with Gasteiger partial charge in [0.05, 0.1) is 11.3 Å². The number of carbonyl (C=O) groups is 3. The summed E-state index contributed by atoms with van der Waals surface area (Å²) in [6, 6.07) is 11.5. The van der Waals surface area contributed by atoms with Crippen LogP contribution in [0, 0.1) is 10.1 Å². The van der Waals surface area contributed by atoms with Crippen molar-refractivity contribution in [3.8, 4) is 0 Å². The number of nitro benzene ring substituents is 1. The molecule has 0 aliphatic heterocycles. The number of anilines is 1. The van der Waals surface area contributed by atoms with Crippen molar-refractivity contribution in [1.82, 2.24) is 5.32 Å². The third kappa shape index (κ3) is 6.69. The van der Waals surface area contributed by atoms with Crippen LogP contribution in [0.5, 0.6) is 0 Å². The fourth-order valence-electron chi connectivity index (χ4n) is 2.06. The molecule has 0 radical (unpaired) electrons. The van der Waals surface area contributed by atoms with E-state index in [0.29, 0.717) is 10.7 Å². The van der Waals surface area contributed by atoms with Gasteiger partial charge in [-0.05, 0) is 36.4 Å². The average molecular weight is 406 g/mol. The number of hydrogen-bond donors (Lipinski definition) is 2. The quantitative estimate of drug-likeness (QED) is 0.394. The molecule has 2 rings (SSSR count). The lowest BCUT2D eigenvalue weighted by molar-refractivity contribution is -0.384. The molecule has 0 unspecified atom stereocenters. The molecule has 0 fully saturated rings. The number of ether oxygens (including phenoxy) is 1. The topological polar surface area (TPSA) is 128 Å². The summed E-state index contributed by atoms with van der Waals surface area (Å²) in [5.41, 5.74) is 0.610. The van der Waals surface area contributed by atoms with E-state index >= 15 is 0 Å². The number of non-ortho nitro benzene ring substituents is 1. The molecular formula is C18H16ClN3O6. The molecule has 0 atom stereocenters. The van der Waals surface area contributed by atoms with Crippen molar-refractivity contribution >= 4 is 40.8 Å². The lowest BCUT2D eigenvalue weighted by atomic mass is 10.2. The number of nitrogens with one attached hydrogen (secondary N) is 2. The number of rotatable bonds is 8. The van der Waals surface area contributed by atoms with E-state index in [2.05, 4.69) is 10.6 Å². The summed E-state index contributed by atoms with van der Waals surface area (Å²) in [6.45, 7) is -0.467. The Hall–Kier alpha value is -3.46. The first-order valence-electron chi connectivity index (χ1n) is 8.09. The van der Waals surface area contributed by atoms with Gasteiger partial charge in [0, 0.05) is 35.0 Å². The summed E-state index contributed by atoms with van der Waals surface area (Å²) in [4.78, 5) is 45.2. The van der Waals surface area contributed by atoms with E-state index < -0.39 is 29.3 Å². The molecule has 0 saturated carbocycles. The van der Waals surface area contributed by atoms with Crippen molar-refractivity contribution in [3.05, 3.63) is 69.2 Å². The van der Waals surface area contributed by atoms with Crippen LogP contribution in [-0.2, 0) is 14.3 Å². The van der Waals surface area contributed by atoms with E-state index in [1.54, 1.807) is 24.3 Å². The second-order valence-corrected chi connectivity index (χ2v) is 5.96. The predicted octanol–water partition coefficient (Wildman–Crippen LogP) is 2.55. The number of halogens is 1. The van der Waals surface area contributed by atoms with E-state index in [-0.39, 0.29) is 24.2 Å². The summed E-state index contributed by atoms with van der Waals surface area (Å²) < 4.78 is 4.83. The Bertz CT molecular complexity index is 868. The maximum atomic E-state index is 11.9. The normalized spacial score (nSPS) is 10.0. The molecule has 0 saturated heterocycles. The lowest BCUT2D eigenvalue weighted by Gasteiger charge is -2.07. The van der Waals surface area contributed by atoms with Gasteiger partial charge >= 0.3 is 5.97 Å². The van der Waals surface area contributed by atoms with Crippen LogP contribution in [0.4, 0.5) is 11.4 Å². The molecule has 0 bridgehead atoms. The van der Waals surface area contributed by atoms with Crippen LogP contribution in [0.25, 0.3) is 0 Å². The average Bonchev–Trinajstić information content (AvgIpc) is 2.68. The third-order valence-corrected chi connectivity index (χ3v) is 3.70. The number of benzene rings is 2. The summed E-state index contributed by atoms with van der Waals surface area (Å²) in [5, 5.41) is 16.1. The SMILES string of the molecule is O=C(COC(=O)CCNC(=O)c1ccc([N+](=O)[O-])cc1)Nc1ccc(Cl)cc1. The lowest BCUT2D eigenvalue weighted by Crippen LogP contribution is -2.27. The van der Waals surface area contributed by atoms with Crippen LogP contribution in [0.3, 0.4) is 0 Å². The highest BCUT2D eigenvalue weighted by molar-refractivity contribution is 6.30. The van der Waals surface area contributed by atoms with Crippen LogP contribution in [0.15, 0.2) is 48.5 Å². The van der Waals surface area contributed by atoms with Gasteiger partial charge in [-0.2, -0.15) is 0 Å². The Kier molecular flexibility index (Phi) is 7.46. The number of hydrogen-bond acceptors (Lipinski definition) is 6. The standard InChI is InChI=1S/C18H16ClN3O6/c19-13-3-5-14(6-4-13)21-16(23)11-28-17(24)9-10-20-18(25)12-1-7-15(8-2-12)22(26)27/h1-8H,9-11H2,(H,20,25)(H,21,23). The highest BCUT2D eigenvalue weighted by atomic mass is 35.5. The minimum atomic E-state index is -0.657. The first-order chi connectivity index (χ1) is 13.3. The second kappa shape index (κ2) is 10.0. The summed E-state index contributed by atoms with van der Waals surface area (Å²) in [5.74, 6) is -1.65. The van der Waals surface area contributed by atoms with E-state index in [1.165, 1.54) is 24.3 Å². The molecule has 0 aliphatic carbocycles. The minimum Gasteiger partial charge on any atom is -0.456 e. The van der Waals surface area contributed by atoms with Crippen LogP contribution < -0.4 is 10.6 Å². The van der Waals surface area contributed by atoms with Crippen LogP contribution in [0.1, 0.15) is 16.8 Å². The Morgan fingerprint density at radius 1 is 1.04 bits per heavy atom. The summed E-state index contributed by atoms with van der Waals surface area (Å²) >= 11 is 5.74. The van der Waals surface area contributed by atoms with Crippen LogP contribution >= 0.6 is 11.6 Å². The van der Waals surface area contributed by atoms with Crippen molar-refractivity contribution in [2.75, 3.05) is 18.5 Å². The molecule has 0 aromatic heterocycles. The number of esters is 1. The summed E-state index contributed by atoms with van der Waals surface area (Å²) in [6.07, 6.45) is -0.132. The highest BCUT2D eigenvalue weighted by Crippen LogP contribution is 2.13. The van der Waals surface area contributed by atoms with Crippen LogP contribution in [-0.4, -0.2) is 35.9 Å². The van der Waals surface area contributed by atoms with Gasteiger partial charge in [-0.3, -0.25) is 24.5 Å². The van der Waals surface area contributed by atoms with E-state index in [1.807, 2.05) is 0 Å². The molecule has 0 spiro atoms. The third-order valence-electron chi connectivity index (χ3n) is 3.45. The largest absolute Gasteiger partial charge is 0.456 e. The van der Waals surface area contributed by atoms with Crippen molar-refractivity contribution < 1.29 is 24.0 Å². The molecule has 0 heterocycles. The molecule has 2 aromatic carbocycles. The van der Waals surface area contributed by atoms with Gasteiger partial charge in [0.25, 0.3) is 17.5 Å². The van der Waals surface area contributed by atoms with Crippen molar-refractivity contribution in [3.63, 3.8) is 0 Å². The smallest absolute Gasteiger partial charge is 0.308 e. The number of carbonyl (C=O) groups excluding carboxylic acids is 3. The number of nitrogens with zero attached hydrogens (tertiary/aromatic N) is 1. The Morgan fingerprint density at radius 3 is 2.29 bits per heavy atom. The molecule has 9 nitrogen and oxygen atoms in total. The van der Waals surface area contributed by atoms with Gasteiger partial charge in [-0.25, -0.2) is 0 Å². The highest BCUT2D eigenvalue weighted by Gasteiger charge is 2.11. The maximum Gasteiger partial charge on any atom is 0.308 e. The van der Waals surface area contributed by atoms with Gasteiger partial charge in [0.1, 0.15) is 0 Å². The number of nitro groups is 1. The fourth-order valence-corrected chi connectivity index (χ4v) is 2.19. The van der Waals surface area contributed by atoms with Gasteiger partial charge in [0.2, 0.25) is 0 Å². The van der Waals surface area contributed by atoms with E-state index in [9.17, 15) is 24.5 Å². The molecule has 10 heteroatoms. The molecule has 28 heavy (non-hydrogen) atoms. The Labute approximate surface area is 164 Å². The number of amides is 2. The Balaban J connectivity index is 1.67. The van der Waals surface area contributed by atoms with Gasteiger partial charge in [-0.15, -0.1) is 0 Å². The van der Waals surface area contributed by atoms with E-state index in [4.69, 9.17) is 16.3 Å². The Morgan fingerprint density at radius 2 is 1.68 bits per heavy atom. The van der Waals surface area contributed by atoms with E-state index in [0.717, 1.165) is 0 Å². The molecule has 146 valence electrons. The monoisotopic (exact) mass is 405 g/mol. The minimum absolute atomic E-state index is 0.00649. The summed E-state index contributed by atoms with van der Waals surface area (Å²) in [7, 11) is 0. The maximum absolute atomic E-state index is 11.9. The van der Waals surface area contributed by atoms with Gasteiger partial charge < -0.3 is 15.4 Å². The molecular weight excluding hydrogens is 390 g/mol. The zero-order chi connectivity index (χ0) is 20.5. The van der Waals surface area contributed by atoms with Crippen LogP contribution in [0.2, 0.25) is 5.02 Å². The van der Waals surface area contributed by atoms with Gasteiger partial charge in [0.15, 0.2) is 6.61 Å². The zero-order valence-corrected chi connectivity index (χ0v) is 15.3.